The minimum atomic E-state index is 0.131. The lowest BCUT2D eigenvalue weighted by Crippen LogP contribution is -1.82. The summed E-state index contributed by atoms with van der Waals surface area (Å²) in [4.78, 5) is 5.45. The van der Waals surface area contributed by atoms with Crippen LogP contribution in [-0.4, -0.2) is 20.7 Å². The highest BCUT2D eigenvalue weighted by molar-refractivity contribution is 7.98. The Labute approximate surface area is 126 Å². The zero-order chi connectivity index (χ0) is 14.8. The van der Waals surface area contributed by atoms with Gasteiger partial charge in [-0.2, -0.15) is 0 Å². The number of imidazole rings is 1. The van der Waals surface area contributed by atoms with Crippen molar-refractivity contribution in [2.45, 2.75) is 11.8 Å². The average Bonchev–Trinajstić information content (AvgIpc) is 2.83. The summed E-state index contributed by atoms with van der Waals surface area (Å²) in [6, 6.07) is 11.2. The fraction of sp³-hybridized carbons (Fsp3) is 0.133. The van der Waals surface area contributed by atoms with Gasteiger partial charge in [-0.05, 0) is 43.5 Å². The van der Waals surface area contributed by atoms with Crippen LogP contribution in [0.25, 0.3) is 5.65 Å². The Hall–Kier alpha value is -2.34. The lowest BCUT2D eigenvalue weighted by atomic mass is 10.3. The molecule has 3 rings (SSSR count). The minimum absolute atomic E-state index is 0.131. The Morgan fingerprint density at radius 2 is 2.05 bits per heavy atom. The van der Waals surface area contributed by atoms with E-state index in [1.807, 2.05) is 43.6 Å². The molecule has 5 nitrogen and oxygen atoms in total. The number of azo groups is 1. The molecule has 0 bridgehead atoms. The van der Waals surface area contributed by atoms with E-state index in [-0.39, 0.29) is 5.75 Å². The number of rotatable bonds is 3. The Morgan fingerprint density at radius 3 is 2.86 bits per heavy atom. The van der Waals surface area contributed by atoms with Crippen molar-refractivity contribution in [3.05, 3.63) is 48.3 Å². The predicted octanol–water partition coefficient (Wildman–Crippen LogP) is 4.49. The Balaban J connectivity index is 2.03. The van der Waals surface area contributed by atoms with Crippen LogP contribution in [0.3, 0.4) is 0 Å². The lowest BCUT2D eigenvalue weighted by Gasteiger charge is -1.98. The first-order chi connectivity index (χ1) is 10.2. The molecular formula is C15H14N4OS. The van der Waals surface area contributed by atoms with Gasteiger partial charge in [0.05, 0.1) is 11.4 Å². The number of aryl methyl sites for hydroxylation is 1. The van der Waals surface area contributed by atoms with E-state index in [1.54, 1.807) is 28.3 Å². The van der Waals surface area contributed by atoms with E-state index in [4.69, 9.17) is 0 Å². The molecule has 0 amide bonds. The lowest BCUT2D eigenvalue weighted by molar-refractivity contribution is 0.477. The molecular weight excluding hydrogens is 284 g/mol. The molecule has 0 saturated carbocycles. The fourth-order valence-corrected chi connectivity index (χ4v) is 2.51. The largest absolute Gasteiger partial charge is 0.504 e. The van der Waals surface area contributed by atoms with Gasteiger partial charge >= 0.3 is 0 Å². The number of thioether (sulfide) groups is 1. The van der Waals surface area contributed by atoms with Crippen LogP contribution >= 0.6 is 11.8 Å². The van der Waals surface area contributed by atoms with Crippen LogP contribution < -0.4 is 0 Å². The monoisotopic (exact) mass is 298 g/mol. The van der Waals surface area contributed by atoms with Crippen LogP contribution in [0.5, 0.6) is 5.75 Å². The molecule has 1 N–H and O–H groups in total. The predicted molar refractivity (Wildman–Crippen MR) is 84.0 cm³/mol. The van der Waals surface area contributed by atoms with Gasteiger partial charge in [-0.3, -0.25) is 4.40 Å². The zero-order valence-corrected chi connectivity index (χ0v) is 12.5. The molecule has 6 heteroatoms. The second-order valence-corrected chi connectivity index (χ2v) is 5.39. The third kappa shape index (κ3) is 2.62. The minimum Gasteiger partial charge on any atom is -0.504 e. The van der Waals surface area contributed by atoms with Crippen molar-refractivity contribution in [3.8, 4) is 5.75 Å². The van der Waals surface area contributed by atoms with Gasteiger partial charge < -0.3 is 5.11 Å². The van der Waals surface area contributed by atoms with Crippen LogP contribution in [0.1, 0.15) is 5.69 Å². The molecule has 21 heavy (non-hydrogen) atoms. The van der Waals surface area contributed by atoms with E-state index in [2.05, 4.69) is 15.2 Å². The molecule has 0 aliphatic heterocycles. The number of aromatic hydroxyl groups is 1. The van der Waals surface area contributed by atoms with Gasteiger partial charge in [0.1, 0.15) is 0 Å². The van der Waals surface area contributed by atoms with Crippen molar-refractivity contribution < 1.29 is 5.11 Å². The van der Waals surface area contributed by atoms with Crippen molar-refractivity contribution in [2.75, 3.05) is 6.26 Å². The van der Waals surface area contributed by atoms with E-state index in [9.17, 15) is 5.11 Å². The van der Waals surface area contributed by atoms with Crippen LogP contribution in [0.2, 0.25) is 0 Å². The van der Waals surface area contributed by atoms with E-state index < -0.39 is 0 Å². The quantitative estimate of drug-likeness (QED) is 0.572. The van der Waals surface area contributed by atoms with Crippen LogP contribution in [0.15, 0.2) is 57.7 Å². The third-order valence-electron chi connectivity index (χ3n) is 3.09. The number of pyridine rings is 1. The van der Waals surface area contributed by atoms with Gasteiger partial charge in [0.2, 0.25) is 0 Å². The SMILES string of the molecule is CSc1cccc(N=Nc2c(C)nc3c(O)cccn23)c1. The maximum atomic E-state index is 9.80. The van der Waals surface area contributed by atoms with Gasteiger partial charge in [-0.15, -0.1) is 22.0 Å². The summed E-state index contributed by atoms with van der Waals surface area (Å²) in [6.07, 6.45) is 3.83. The van der Waals surface area contributed by atoms with Crippen molar-refractivity contribution in [3.63, 3.8) is 0 Å². The average molecular weight is 298 g/mol. The van der Waals surface area contributed by atoms with Gasteiger partial charge in [0.15, 0.2) is 17.2 Å². The van der Waals surface area contributed by atoms with E-state index in [0.29, 0.717) is 11.5 Å². The van der Waals surface area contributed by atoms with E-state index >= 15 is 0 Å². The maximum Gasteiger partial charge on any atom is 0.182 e. The molecule has 0 saturated heterocycles. The number of benzene rings is 1. The van der Waals surface area contributed by atoms with Gasteiger partial charge in [0, 0.05) is 11.1 Å². The first kappa shape index (κ1) is 13.6. The Bertz CT molecular complexity index is 826. The maximum absolute atomic E-state index is 9.80. The summed E-state index contributed by atoms with van der Waals surface area (Å²) >= 11 is 1.66. The molecule has 0 radical (unpaired) electrons. The number of hydrogen-bond acceptors (Lipinski definition) is 5. The number of nitrogens with zero attached hydrogens (tertiary/aromatic N) is 4. The summed E-state index contributed by atoms with van der Waals surface area (Å²) in [5.74, 6) is 0.752. The second-order valence-electron chi connectivity index (χ2n) is 4.51. The molecule has 0 fully saturated rings. The summed E-state index contributed by atoms with van der Waals surface area (Å²) in [5, 5.41) is 18.4. The van der Waals surface area contributed by atoms with Crippen LogP contribution in [-0.2, 0) is 0 Å². The fourth-order valence-electron chi connectivity index (χ4n) is 2.05. The number of fused-ring (bicyclic) bond motifs is 1. The molecule has 106 valence electrons. The molecule has 0 unspecified atom stereocenters. The van der Waals surface area contributed by atoms with Gasteiger partial charge in [-0.1, -0.05) is 6.07 Å². The third-order valence-corrected chi connectivity index (χ3v) is 3.81. The van der Waals surface area contributed by atoms with Crippen LogP contribution in [0, 0.1) is 6.92 Å². The molecule has 1 aromatic carbocycles. The first-order valence-electron chi connectivity index (χ1n) is 6.41. The highest BCUT2D eigenvalue weighted by atomic mass is 32.2. The summed E-state index contributed by atoms with van der Waals surface area (Å²) in [5.41, 5.74) is 2.00. The first-order valence-corrected chi connectivity index (χ1v) is 7.64. The molecule has 0 atom stereocenters. The van der Waals surface area contributed by atoms with E-state index in [0.717, 1.165) is 16.3 Å². The zero-order valence-electron chi connectivity index (χ0n) is 11.7. The second kappa shape index (κ2) is 5.57. The van der Waals surface area contributed by atoms with Gasteiger partial charge in [-0.25, -0.2) is 4.98 Å². The van der Waals surface area contributed by atoms with Crippen molar-refractivity contribution in [2.24, 2.45) is 10.2 Å². The van der Waals surface area contributed by atoms with E-state index in [1.165, 1.54) is 0 Å². The van der Waals surface area contributed by atoms with Crippen molar-refractivity contribution in [1.29, 1.82) is 0 Å². The van der Waals surface area contributed by atoms with Crippen molar-refractivity contribution in [1.82, 2.24) is 9.38 Å². The molecule has 2 heterocycles. The Morgan fingerprint density at radius 1 is 1.19 bits per heavy atom. The van der Waals surface area contributed by atoms with Crippen molar-refractivity contribution >= 4 is 28.9 Å². The molecule has 0 aliphatic carbocycles. The number of hydrogen-bond donors (Lipinski definition) is 1. The summed E-state index contributed by atoms with van der Waals surface area (Å²) in [6.45, 7) is 1.85. The standard InChI is InChI=1S/C15H14N4OS/c1-10-14(19-8-4-7-13(20)15(19)16-10)18-17-11-5-3-6-12(9-11)21-2/h3-9,20H,1-2H3. The van der Waals surface area contributed by atoms with Gasteiger partial charge in [0.25, 0.3) is 0 Å². The highest BCUT2D eigenvalue weighted by Crippen LogP contribution is 2.28. The molecule has 3 aromatic rings. The molecule has 2 aromatic heterocycles. The summed E-state index contributed by atoms with van der Waals surface area (Å²) < 4.78 is 1.73. The molecule has 0 spiro atoms. The normalized spacial score (nSPS) is 11.5. The highest BCUT2D eigenvalue weighted by Gasteiger charge is 2.10. The Kier molecular flexibility index (Phi) is 3.62. The van der Waals surface area contributed by atoms with Crippen LogP contribution in [0.4, 0.5) is 11.5 Å². The smallest absolute Gasteiger partial charge is 0.182 e. The molecule has 0 aliphatic rings. The summed E-state index contributed by atoms with van der Waals surface area (Å²) in [7, 11) is 0. The topological polar surface area (TPSA) is 62.2 Å². The number of aromatic nitrogens is 2.